The van der Waals surface area contributed by atoms with Crippen LogP contribution in [0.4, 0.5) is 0 Å². The zero-order valence-corrected chi connectivity index (χ0v) is 35.1. The van der Waals surface area contributed by atoms with Gasteiger partial charge in [-0.2, -0.15) is 0 Å². The van der Waals surface area contributed by atoms with Crippen molar-refractivity contribution in [3.8, 4) is 23.8 Å². The molecule has 0 amide bonds. The minimum Gasteiger partial charge on any atom is -1.00 e. The first kappa shape index (κ1) is 44.2. The molecule has 0 N–H and O–H groups in total. The van der Waals surface area contributed by atoms with Gasteiger partial charge in [-0.05, 0) is 38.8 Å². The summed E-state index contributed by atoms with van der Waals surface area (Å²) in [5.41, 5.74) is 7.56. The van der Waals surface area contributed by atoms with Gasteiger partial charge in [-0.25, -0.2) is 9.97 Å². The molecule has 0 bridgehead atoms. The third-order valence-corrected chi connectivity index (χ3v) is 7.09. The molecule has 2 heterocycles. The molecule has 0 fully saturated rings. The summed E-state index contributed by atoms with van der Waals surface area (Å²) in [6, 6.07) is 14.9. The van der Waals surface area contributed by atoms with E-state index in [0.717, 1.165) is 11.1 Å². The van der Waals surface area contributed by atoms with Crippen molar-refractivity contribution in [1.29, 1.82) is 0 Å². The van der Waals surface area contributed by atoms with Crippen LogP contribution in [0.1, 0.15) is 81.9 Å². The van der Waals surface area contributed by atoms with Crippen LogP contribution in [0.5, 0.6) is 0 Å². The molecule has 9 nitrogen and oxygen atoms in total. The zero-order valence-electron chi connectivity index (χ0n) is 28.8. The molecular weight excluding hydrogens is 655 g/mol. The van der Waals surface area contributed by atoms with Gasteiger partial charge in [0.25, 0.3) is 6.47 Å². The van der Waals surface area contributed by atoms with Gasteiger partial charge in [-0.15, -0.1) is 17.9 Å². The second-order valence-electron chi connectivity index (χ2n) is 10.7. The Morgan fingerprint density at radius 1 is 0.870 bits per heavy atom. The molecule has 0 radical (unpaired) electrons. The van der Waals surface area contributed by atoms with Gasteiger partial charge >= 0.3 is 103 Å². The SMILES string of the molecule is C#CC(C)c1ccccc1C(=O)c1ocnc1C.Cc1ncoc1C(=O)c1ccccc1C(C)C#C[Si](C)(C)C.O=CO[O-].[H-].[K+].[K+]. The largest absolute Gasteiger partial charge is 1.00 e. The van der Waals surface area contributed by atoms with Gasteiger partial charge in [0, 0.05) is 23.0 Å². The Morgan fingerprint density at radius 3 is 1.59 bits per heavy atom. The van der Waals surface area contributed by atoms with Crippen molar-refractivity contribution in [2.75, 3.05) is 0 Å². The molecule has 0 aliphatic heterocycles. The number of rotatable bonds is 7. The van der Waals surface area contributed by atoms with Crippen molar-refractivity contribution < 1.29 is 138 Å². The van der Waals surface area contributed by atoms with Gasteiger partial charge in [0.2, 0.25) is 11.6 Å². The summed E-state index contributed by atoms with van der Waals surface area (Å²) in [6.07, 6.45) is 8.00. The second-order valence-corrected chi connectivity index (χ2v) is 15.4. The van der Waals surface area contributed by atoms with E-state index in [-0.39, 0.29) is 140 Å². The summed E-state index contributed by atoms with van der Waals surface area (Å²) in [7, 11) is -1.43. The Labute approximate surface area is 358 Å². The summed E-state index contributed by atoms with van der Waals surface area (Å²) in [5.74, 6) is 6.10. The Morgan fingerprint density at radius 2 is 1.26 bits per heavy atom. The maximum Gasteiger partial charge on any atom is 1.00 e. The zero-order chi connectivity index (χ0) is 32.9. The van der Waals surface area contributed by atoms with Crippen LogP contribution in [0.15, 0.2) is 70.2 Å². The number of carbonyl (C=O) groups excluding carboxylic acids is 3. The van der Waals surface area contributed by atoms with Gasteiger partial charge in [-0.3, -0.25) is 14.4 Å². The van der Waals surface area contributed by atoms with Crippen molar-refractivity contribution in [1.82, 2.24) is 9.97 Å². The molecule has 2 atom stereocenters. The van der Waals surface area contributed by atoms with E-state index in [1.165, 1.54) is 12.8 Å². The van der Waals surface area contributed by atoms with Crippen LogP contribution in [0, 0.1) is 37.7 Å². The number of ketones is 2. The predicted octanol–water partition coefficient (Wildman–Crippen LogP) is -0.296. The number of hydrogen-bond donors (Lipinski definition) is 0. The fraction of sp³-hybridized carbons (Fsp3) is 0.265. The number of nitrogens with zero attached hydrogens (tertiary/aromatic N) is 2. The summed E-state index contributed by atoms with van der Waals surface area (Å²) in [5, 5.41) is 8.43. The van der Waals surface area contributed by atoms with Crippen LogP contribution >= 0.6 is 0 Å². The second kappa shape index (κ2) is 22.0. The molecule has 0 aliphatic rings. The summed E-state index contributed by atoms with van der Waals surface area (Å²) >= 11 is 0. The molecule has 12 heteroatoms. The minimum absolute atomic E-state index is 0. The first-order chi connectivity index (χ1) is 20.9. The molecule has 0 saturated carbocycles. The summed E-state index contributed by atoms with van der Waals surface area (Å²) in [6.45, 7) is 13.9. The van der Waals surface area contributed by atoms with E-state index in [2.05, 4.69) is 51.9 Å². The molecule has 230 valence electrons. The Bertz CT molecular complexity index is 1700. The van der Waals surface area contributed by atoms with Gasteiger partial charge in [-0.1, -0.05) is 74.1 Å². The standard InChI is InChI=1S/C18H21NO2Si.C15H13NO2.CH2O3.2K.H/c1-13(10-11-22(3,4)5)15-8-6-7-9-16(15)17(20)18-14(2)19-12-21-18;1-4-10(2)12-7-5-6-8-13(12)14(17)15-11(3)16-9-18-15;2-1-4-3;;;/h6-9,12-13H,1-5H3;1,5-10H,2-3H3;1,3H;;;/q;;;2*+1;-1/p-1. The maximum absolute atomic E-state index is 12.7. The molecule has 2 aromatic carbocycles. The van der Waals surface area contributed by atoms with Crippen molar-refractivity contribution >= 4 is 26.1 Å². The summed E-state index contributed by atoms with van der Waals surface area (Å²) in [4.78, 5) is 44.2. The molecule has 2 unspecified atom stereocenters. The van der Waals surface area contributed by atoms with Crippen LogP contribution < -0.4 is 108 Å². The van der Waals surface area contributed by atoms with Crippen LogP contribution in [0.2, 0.25) is 19.6 Å². The van der Waals surface area contributed by atoms with Gasteiger partial charge in [0.1, 0.15) is 8.07 Å². The predicted molar refractivity (Wildman–Crippen MR) is 167 cm³/mol. The topological polar surface area (TPSA) is 136 Å². The maximum atomic E-state index is 12.7. The van der Waals surface area contributed by atoms with Gasteiger partial charge < -0.3 is 20.4 Å². The third kappa shape index (κ3) is 13.4. The molecule has 4 rings (SSSR count). The fourth-order valence-corrected chi connectivity index (χ4v) is 4.59. The first-order valence-corrected chi connectivity index (χ1v) is 17.1. The molecule has 2 aromatic heterocycles. The molecule has 0 saturated heterocycles. The first-order valence-electron chi connectivity index (χ1n) is 13.6. The number of aromatic nitrogens is 2. The van der Waals surface area contributed by atoms with Gasteiger partial charge in [0.05, 0.1) is 11.4 Å². The van der Waals surface area contributed by atoms with E-state index >= 15 is 0 Å². The minimum atomic E-state index is -1.43. The number of terminal acetylenes is 1. The molecule has 46 heavy (non-hydrogen) atoms. The molecule has 4 aromatic rings. The molecular formula is C34H36K2N2O7Si. The van der Waals surface area contributed by atoms with Crippen molar-refractivity contribution in [3.05, 3.63) is 106 Å². The number of carbonyl (C=O) groups is 3. The van der Waals surface area contributed by atoms with Crippen LogP contribution in [-0.4, -0.2) is 36.1 Å². The van der Waals surface area contributed by atoms with E-state index in [4.69, 9.17) is 25.3 Å². The third-order valence-electron chi connectivity index (χ3n) is 6.20. The van der Waals surface area contributed by atoms with E-state index < -0.39 is 8.07 Å². The number of aryl methyl sites for hydroxylation is 2. The Kier molecular flexibility index (Phi) is 21.1. The normalized spacial score (nSPS) is 11.0. The number of benzene rings is 2. The molecule has 0 spiro atoms. The van der Waals surface area contributed by atoms with Crippen LogP contribution in [0.3, 0.4) is 0 Å². The van der Waals surface area contributed by atoms with E-state index in [1.54, 1.807) is 19.9 Å². The Hall–Kier alpha value is -1.76. The van der Waals surface area contributed by atoms with Crippen molar-refractivity contribution in [2.45, 2.75) is 59.2 Å². The van der Waals surface area contributed by atoms with Gasteiger partial charge in [0.15, 0.2) is 24.3 Å². The monoisotopic (exact) mass is 690 g/mol. The average Bonchev–Trinajstić information content (AvgIpc) is 3.66. The average molecular weight is 691 g/mol. The van der Waals surface area contributed by atoms with E-state index in [9.17, 15) is 9.59 Å². The van der Waals surface area contributed by atoms with Crippen molar-refractivity contribution in [2.24, 2.45) is 0 Å². The molecule has 0 aliphatic carbocycles. The van der Waals surface area contributed by atoms with Crippen LogP contribution in [0.25, 0.3) is 0 Å². The smallest absolute Gasteiger partial charge is 1.00 e. The van der Waals surface area contributed by atoms with E-state index in [1.807, 2.05) is 56.3 Å². The Balaban J connectivity index is 0. The fourth-order valence-electron chi connectivity index (χ4n) is 3.94. The van der Waals surface area contributed by atoms with Crippen LogP contribution in [-0.2, 0) is 9.68 Å². The van der Waals surface area contributed by atoms with E-state index in [0.29, 0.717) is 28.3 Å². The number of oxazole rings is 2. The van der Waals surface area contributed by atoms with Crippen molar-refractivity contribution in [3.63, 3.8) is 0 Å². The summed E-state index contributed by atoms with van der Waals surface area (Å²) < 4.78 is 10.4. The quantitative estimate of drug-likeness (QED) is 0.0640. The number of hydrogen-bond acceptors (Lipinski definition) is 9.